The summed E-state index contributed by atoms with van der Waals surface area (Å²) < 4.78 is 5.44. The molecule has 0 aliphatic heterocycles. The number of methoxy groups -OCH3 is 1. The number of rotatable bonds is 6. The monoisotopic (exact) mass is 465 g/mol. The molecule has 4 nitrogen and oxygen atoms in total. The van der Waals surface area contributed by atoms with E-state index in [1.807, 2.05) is 25.2 Å². The molecule has 140 valence electrons. The molecule has 1 N–H and O–H groups in total. The highest BCUT2D eigenvalue weighted by Gasteiger charge is 2.37. The number of hydrogen-bond acceptors (Lipinski definition) is 2. The fourth-order valence-corrected chi connectivity index (χ4v) is 3.35. The van der Waals surface area contributed by atoms with Gasteiger partial charge in [0.2, 0.25) is 0 Å². The predicted octanol–water partition coefficient (Wildman–Crippen LogP) is 4.12. The standard InChI is InChI=1S/C21H27N3O.HI/c1-22-21(24(2)15-17-11-7-8-12-20(17)25-3)23-14-18-13-19(18)16-9-5-4-6-10-16;/h4-12,18-19H,13-15H2,1-3H3,(H,22,23);1H. The summed E-state index contributed by atoms with van der Waals surface area (Å²) in [6, 6.07) is 18.9. The molecule has 0 saturated heterocycles. The Balaban J connectivity index is 0.00000243. The lowest BCUT2D eigenvalue weighted by atomic mass is 10.1. The zero-order chi connectivity index (χ0) is 17.6. The van der Waals surface area contributed by atoms with Gasteiger partial charge in [-0.1, -0.05) is 48.5 Å². The molecule has 1 aliphatic carbocycles. The van der Waals surface area contributed by atoms with Crippen LogP contribution in [-0.4, -0.2) is 38.6 Å². The fourth-order valence-electron chi connectivity index (χ4n) is 3.35. The quantitative estimate of drug-likeness (QED) is 0.396. The lowest BCUT2D eigenvalue weighted by molar-refractivity contribution is 0.396. The van der Waals surface area contributed by atoms with Crippen molar-refractivity contribution in [3.05, 3.63) is 65.7 Å². The Morgan fingerprint density at radius 1 is 1.15 bits per heavy atom. The minimum absolute atomic E-state index is 0. The summed E-state index contributed by atoms with van der Waals surface area (Å²) in [4.78, 5) is 6.56. The lowest BCUT2D eigenvalue weighted by Gasteiger charge is -2.23. The van der Waals surface area contributed by atoms with E-state index in [0.29, 0.717) is 11.8 Å². The lowest BCUT2D eigenvalue weighted by Crippen LogP contribution is -2.39. The van der Waals surface area contributed by atoms with Crippen LogP contribution in [0, 0.1) is 5.92 Å². The van der Waals surface area contributed by atoms with Gasteiger partial charge in [-0.05, 0) is 29.9 Å². The number of nitrogens with zero attached hydrogens (tertiary/aromatic N) is 2. The Bertz CT molecular complexity index is 720. The minimum Gasteiger partial charge on any atom is -0.496 e. The van der Waals surface area contributed by atoms with Crippen molar-refractivity contribution in [1.82, 2.24) is 10.2 Å². The van der Waals surface area contributed by atoms with Crippen LogP contribution >= 0.6 is 24.0 Å². The zero-order valence-corrected chi connectivity index (χ0v) is 18.0. The van der Waals surface area contributed by atoms with Crippen molar-refractivity contribution in [1.29, 1.82) is 0 Å². The summed E-state index contributed by atoms with van der Waals surface area (Å²) in [6.07, 6.45) is 1.25. The third-order valence-electron chi connectivity index (χ3n) is 4.85. The molecule has 26 heavy (non-hydrogen) atoms. The molecule has 3 rings (SSSR count). The molecule has 2 aromatic carbocycles. The molecule has 0 radical (unpaired) electrons. The molecule has 2 aromatic rings. The maximum absolute atomic E-state index is 5.44. The van der Waals surface area contributed by atoms with E-state index in [9.17, 15) is 0 Å². The average molecular weight is 465 g/mol. The van der Waals surface area contributed by atoms with E-state index >= 15 is 0 Å². The Labute approximate surface area is 173 Å². The van der Waals surface area contributed by atoms with Crippen LogP contribution in [0.2, 0.25) is 0 Å². The van der Waals surface area contributed by atoms with Crippen LogP contribution in [0.15, 0.2) is 59.6 Å². The van der Waals surface area contributed by atoms with Gasteiger partial charge in [0.05, 0.1) is 7.11 Å². The molecule has 2 unspecified atom stereocenters. The predicted molar refractivity (Wildman–Crippen MR) is 119 cm³/mol. The van der Waals surface area contributed by atoms with Crippen molar-refractivity contribution in [3.8, 4) is 5.75 Å². The smallest absolute Gasteiger partial charge is 0.193 e. The summed E-state index contributed by atoms with van der Waals surface area (Å²) >= 11 is 0. The fraction of sp³-hybridized carbons (Fsp3) is 0.381. The van der Waals surface area contributed by atoms with Gasteiger partial charge in [0, 0.05) is 32.7 Å². The number of para-hydroxylation sites is 1. The summed E-state index contributed by atoms with van der Waals surface area (Å²) in [5, 5.41) is 3.52. The number of halogens is 1. The van der Waals surface area contributed by atoms with Crippen molar-refractivity contribution in [2.75, 3.05) is 27.7 Å². The van der Waals surface area contributed by atoms with Crippen LogP contribution in [0.5, 0.6) is 5.75 Å². The third-order valence-corrected chi connectivity index (χ3v) is 4.85. The van der Waals surface area contributed by atoms with Crippen molar-refractivity contribution in [2.45, 2.75) is 18.9 Å². The Morgan fingerprint density at radius 2 is 1.85 bits per heavy atom. The maximum atomic E-state index is 5.44. The SMILES string of the molecule is CN=C(NCC1CC1c1ccccc1)N(C)Cc1ccccc1OC.I. The van der Waals surface area contributed by atoms with E-state index in [2.05, 4.69) is 58.7 Å². The van der Waals surface area contributed by atoms with Crippen LogP contribution in [0.4, 0.5) is 0 Å². The second-order valence-corrected chi connectivity index (χ2v) is 6.61. The van der Waals surface area contributed by atoms with Gasteiger partial charge in [-0.25, -0.2) is 0 Å². The highest BCUT2D eigenvalue weighted by atomic mass is 127. The van der Waals surface area contributed by atoms with Crippen molar-refractivity contribution in [2.24, 2.45) is 10.9 Å². The van der Waals surface area contributed by atoms with Crippen LogP contribution in [0.25, 0.3) is 0 Å². The normalized spacial score (nSPS) is 18.7. The summed E-state index contributed by atoms with van der Waals surface area (Å²) in [7, 11) is 5.61. The molecule has 0 aromatic heterocycles. The Morgan fingerprint density at radius 3 is 2.54 bits per heavy atom. The molecule has 0 heterocycles. The second-order valence-electron chi connectivity index (χ2n) is 6.61. The molecular formula is C21H28IN3O. The van der Waals surface area contributed by atoms with Crippen molar-refractivity contribution < 1.29 is 4.74 Å². The Kier molecular flexibility index (Phi) is 7.75. The van der Waals surface area contributed by atoms with E-state index in [0.717, 1.165) is 30.4 Å². The van der Waals surface area contributed by atoms with Gasteiger partial charge in [0.1, 0.15) is 5.75 Å². The number of aliphatic imine (C=N–C) groups is 1. The molecule has 0 spiro atoms. The van der Waals surface area contributed by atoms with Crippen LogP contribution in [0.1, 0.15) is 23.5 Å². The third kappa shape index (κ3) is 5.13. The first-order valence-corrected chi connectivity index (χ1v) is 8.81. The summed E-state index contributed by atoms with van der Waals surface area (Å²) in [5.41, 5.74) is 2.61. The largest absolute Gasteiger partial charge is 0.496 e. The molecule has 5 heteroatoms. The topological polar surface area (TPSA) is 36.9 Å². The van der Waals surface area contributed by atoms with Gasteiger partial charge in [0.15, 0.2) is 5.96 Å². The van der Waals surface area contributed by atoms with Crippen LogP contribution in [-0.2, 0) is 6.54 Å². The molecular weight excluding hydrogens is 437 g/mol. The molecule has 1 aliphatic rings. The van der Waals surface area contributed by atoms with Crippen LogP contribution < -0.4 is 10.1 Å². The number of ether oxygens (including phenoxy) is 1. The van der Waals surface area contributed by atoms with E-state index in [1.165, 1.54) is 12.0 Å². The number of guanidine groups is 1. The first kappa shape index (κ1) is 20.6. The van der Waals surface area contributed by atoms with Gasteiger partial charge in [0.25, 0.3) is 0 Å². The summed E-state index contributed by atoms with van der Waals surface area (Å²) in [5.74, 6) is 3.21. The molecule has 2 atom stereocenters. The van der Waals surface area contributed by atoms with Gasteiger partial charge in [-0.3, -0.25) is 4.99 Å². The van der Waals surface area contributed by atoms with Gasteiger partial charge >= 0.3 is 0 Å². The first-order chi connectivity index (χ1) is 12.2. The van der Waals surface area contributed by atoms with E-state index in [4.69, 9.17) is 4.74 Å². The van der Waals surface area contributed by atoms with Gasteiger partial charge in [-0.15, -0.1) is 24.0 Å². The van der Waals surface area contributed by atoms with Crippen LogP contribution in [0.3, 0.4) is 0 Å². The van der Waals surface area contributed by atoms with E-state index in [1.54, 1.807) is 7.11 Å². The van der Waals surface area contributed by atoms with Gasteiger partial charge < -0.3 is 15.0 Å². The average Bonchev–Trinajstić information content (AvgIpc) is 3.43. The maximum Gasteiger partial charge on any atom is 0.193 e. The highest BCUT2D eigenvalue weighted by Crippen LogP contribution is 2.46. The molecule has 1 fully saturated rings. The summed E-state index contributed by atoms with van der Waals surface area (Å²) in [6.45, 7) is 1.72. The van der Waals surface area contributed by atoms with E-state index in [-0.39, 0.29) is 24.0 Å². The Hall–Kier alpha value is -1.76. The number of benzene rings is 2. The van der Waals surface area contributed by atoms with Gasteiger partial charge in [-0.2, -0.15) is 0 Å². The molecule has 1 saturated carbocycles. The number of hydrogen-bond donors (Lipinski definition) is 1. The van der Waals surface area contributed by atoms with Crippen molar-refractivity contribution >= 4 is 29.9 Å². The first-order valence-electron chi connectivity index (χ1n) is 8.81. The zero-order valence-electron chi connectivity index (χ0n) is 15.7. The minimum atomic E-state index is 0. The van der Waals surface area contributed by atoms with E-state index < -0.39 is 0 Å². The second kappa shape index (κ2) is 9.80. The number of nitrogens with one attached hydrogen (secondary N) is 1. The molecule has 0 amide bonds. The molecule has 0 bridgehead atoms. The highest BCUT2D eigenvalue weighted by molar-refractivity contribution is 14.0. The van der Waals surface area contributed by atoms with Crippen molar-refractivity contribution in [3.63, 3.8) is 0 Å².